The number of anilines is 1. The molecule has 3 nitrogen and oxygen atoms in total. The minimum absolute atomic E-state index is 0.217. The predicted molar refractivity (Wildman–Crippen MR) is 80.9 cm³/mol. The lowest BCUT2D eigenvalue weighted by Gasteiger charge is -2.17. The van der Waals surface area contributed by atoms with Gasteiger partial charge >= 0.3 is 0 Å². The molecular weight excluding hydrogens is 269 g/mol. The summed E-state index contributed by atoms with van der Waals surface area (Å²) in [4.78, 5) is 12.2. The molecule has 0 saturated heterocycles. The van der Waals surface area contributed by atoms with Crippen molar-refractivity contribution in [2.24, 2.45) is 0 Å². The number of halogens is 1. The summed E-state index contributed by atoms with van der Waals surface area (Å²) >= 11 is 0. The summed E-state index contributed by atoms with van der Waals surface area (Å²) in [6, 6.07) is 13.2. The Bertz CT molecular complexity index is 593. The Kier molecular flexibility index (Phi) is 4.93. The van der Waals surface area contributed by atoms with Gasteiger partial charge in [-0.15, -0.1) is 0 Å². The second kappa shape index (κ2) is 6.88. The van der Waals surface area contributed by atoms with Crippen LogP contribution in [0.2, 0.25) is 0 Å². The number of hydrogen-bond acceptors (Lipinski definition) is 2. The van der Waals surface area contributed by atoms with E-state index in [9.17, 15) is 9.18 Å². The Morgan fingerprint density at radius 3 is 2.33 bits per heavy atom. The van der Waals surface area contributed by atoms with E-state index >= 15 is 0 Å². The van der Waals surface area contributed by atoms with Crippen LogP contribution in [0.4, 0.5) is 10.1 Å². The molecule has 0 fully saturated rings. The normalized spacial score (nSPS) is 11.8. The molecule has 21 heavy (non-hydrogen) atoms. The molecule has 0 radical (unpaired) electrons. The van der Waals surface area contributed by atoms with Crippen LogP contribution in [-0.2, 0) is 4.79 Å². The fourth-order valence-electron chi connectivity index (χ4n) is 1.86. The Morgan fingerprint density at radius 2 is 1.76 bits per heavy atom. The highest BCUT2D eigenvalue weighted by Gasteiger charge is 2.18. The van der Waals surface area contributed by atoms with Crippen LogP contribution < -0.4 is 10.1 Å². The molecule has 4 heteroatoms. The topological polar surface area (TPSA) is 38.3 Å². The number of hydrogen-bond donors (Lipinski definition) is 1. The molecule has 2 aromatic rings. The summed E-state index contributed by atoms with van der Waals surface area (Å²) in [5.41, 5.74) is 1.86. The number of aryl methyl sites for hydroxylation is 1. The average Bonchev–Trinajstić information content (AvgIpc) is 2.49. The number of rotatable bonds is 5. The van der Waals surface area contributed by atoms with E-state index in [-0.39, 0.29) is 11.7 Å². The number of amides is 1. The van der Waals surface area contributed by atoms with Crippen LogP contribution in [0.25, 0.3) is 0 Å². The zero-order valence-electron chi connectivity index (χ0n) is 12.1. The van der Waals surface area contributed by atoms with Crippen LogP contribution in [0.15, 0.2) is 48.5 Å². The summed E-state index contributed by atoms with van der Waals surface area (Å²) in [6.07, 6.45) is -0.0912. The quantitative estimate of drug-likeness (QED) is 0.905. The molecular formula is C17H18FNO2. The van der Waals surface area contributed by atoms with E-state index in [2.05, 4.69) is 5.32 Å². The van der Waals surface area contributed by atoms with Crippen molar-refractivity contribution in [3.63, 3.8) is 0 Å². The highest BCUT2D eigenvalue weighted by molar-refractivity contribution is 5.94. The van der Waals surface area contributed by atoms with Crippen LogP contribution in [0.1, 0.15) is 18.9 Å². The monoisotopic (exact) mass is 287 g/mol. The van der Waals surface area contributed by atoms with Crippen LogP contribution in [0.5, 0.6) is 5.75 Å². The fraction of sp³-hybridized carbons (Fsp3) is 0.235. The molecule has 0 saturated carbocycles. The third-order valence-corrected chi connectivity index (χ3v) is 3.07. The third-order valence-electron chi connectivity index (χ3n) is 3.07. The van der Waals surface area contributed by atoms with Gasteiger partial charge < -0.3 is 10.1 Å². The largest absolute Gasteiger partial charge is 0.481 e. The first-order valence-electron chi connectivity index (χ1n) is 6.88. The Labute approximate surface area is 123 Å². The number of carbonyl (C=O) groups is 1. The van der Waals surface area contributed by atoms with Gasteiger partial charge in [0.25, 0.3) is 5.91 Å². The summed E-state index contributed by atoms with van der Waals surface area (Å²) in [7, 11) is 0. The molecule has 0 aliphatic carbocycles. The first-order chi connectivity index (χ1) is 10.1. The smallest absolute Gasteiger partial charge is 0.265 e. The number of benzene rings is 2. The standard InChI is InChI=1S/C17H18FNO2/c1-3-16(21-15-10-6-13(18)7-11-15)17(20)19-14-8-4-12(2)5-9-14/h4-11,16H,3H2,1-2H3,(H,19,20)/t16-/m1/s1. The highest BCUT2D eigenvalue weighted by atomic mass is 19.1. The maximum atomic E-state index is 12.8. The maximum absolute atomic E-state index is 12.8. The first kappa shape index (κ1) is 15.0. The van der Waals surface area contributed by atoms with Gasteiger partial charge in [0, 0.05) is 5.69 Å². The van der Waals surface area contributed by atoms with E-state index < -0.39 is 6.10 Å². The second-order valence-corrected chi connectivity index (χ2v) is 4.82. The van der Waals surface area contributed by atoms with Crippen molar-refractivity contribution in [2.45, 2.75) is 26.4 Å². The Hall–Kier alpha value is -2.36. The summed E-state index contributed by atoms with van der Waals surface area (Å²) in [6.45, 7) is 3.85. The number of ether oxygens (including phenoxy) is 1. The highest BCUT2D eigenvalue weighted by Crippen LogP contribution is 2.16. The van der Waals surface area contributed by atoms with Crippen LogP contribution in [0, 0.1) is 12.7 Å². The van der Waals surface area contributed by atoms with Crippen LogP contribution in [-0.4, -0.2) is 12.0 Å². The molecule has 2 aromatic carbocycles. The Morgan fingerprint density at radius 1 is 1.14 bits per heavy atom. The molecule has 0 unspecified atom stereocenters. The van der Waals surface area contributed by atoms with Crippen molar-refractivity contribution < 1.29 is 13.9 Å². The maximum Gasteiger partial charge on any atom is 0.265 e. The van der Waals surface area contributed by atoms with E-state index in [1.807, 2.05) is 38.1 Å². The lowest BCUT2D eigenvalue weighted by atomic mass is 10.2. The zero-order valence-corrected chi connectivity index (χ0v) is 12.1. The van der Waals surface area contributed by atoms with Crippen molar-refractivity contribution in [3.8, 4) is 5.75 Å². The molecule has 1 atom stereocenters. The minimum atomic E-state index is -0.614. The molecule has 0 bridgehead atoms. The van der Waals surface area contributed by atoms with E-state index in [0.29, 0.717) is 12.2 Å². The molecule has 0 aromatic heterocycles. The van der Waals surface area contributed by atoms with E-state index in [1.54, 1.807) is 0 Å². The average molecular weight is 287 g/mol. The number of nitrogens with one attached hydrogen (secondary N) is 1. The van der Waals surface area contributed by atoms with Crippen LogP contribution in [0.3, 0.4) is 0 Å². The molecule has 1 amide bonds. The fourth-order valence-corrected chi connectivity index (χ4v) is 1.86. The second-order valence-electron chi connectivity index (χ2n) is 4.82. The lowest BCUT2D eigenvalue weighted by molar-refractivity contribution is -0.122. The van der Waals surface area contributed by atoms with Crippen LogP contribution >= 0.6 is 0 Å². The summed E-state index contributed by atoms with van der Waals surface area (Å²) < 4.78 is 18.4. The lowest BCUT2D eigenvalue weighted by Crippen LogP contribution is -2.32. The first-order valence-corrected chi connectivity index (χ1v) is 6.88. The molecule has 0 heterocycles. The Balaban J connectivity index is 2.01. The molecule has 0 aliphatic rings. The van der Waals surface area contributed by atoms with Crippen molar-refractivity contribution in [2.75, 3.05) is 5.32 Å². The zero-order chi connectivity index (χ0) is 15.2. The van der Waals surface area contributed by atoms with Crippen molar-refractivity contribution in [1.82, 2.24) is 0 Å². The van der Waals surface area contributed by atoms with Gasteiger partial charge in [0.15, 0.2) is 6.10 Å². The SMILES string of the molecule is CC[C@@H](Oc1ccc(F)cc1)C(=O)Nc1ccc(C)cc1. The van der Waals surface area contributed by atoms with E-state index in [4.69, 9.17) is 4.74 Å². The summed E-state index contributed by atoms with van der Waals surface area (Å²) in [5.74, 6) is -0.0764. The van der Waals surface area contributed by atoms with Crippen molar-refractivity contribution in [1.29, 1.82) is 0 Å². The molecule has 2 rings (SSSR count). The molecule has 0 aliphatic heterocycles. The van der Waals surface area contributed by atoms with Gasteiger partial charge in [0.1, 0.15) is 11.6 Å². The van der Waals surface area contributed by atoms with Gasteiger partial charge in [-0.25, -0.2) is 4.39 Å². The van der Waals surface area contributed by atoms with Gasteiger partial charge in [-0.2, -0.15) is 0 Å². The van der Waals surface area contributed by atoms with Gasteiger partial charge in [-0.3, -0.25) is 4.79 Å². The molecule has 0 spiro atoms. The number of carbonyl (C=O) groups excluding carboxylic acids is 1. The minimum Gasteiger partial charge on any atom is -0.481 e. The third kappa shape index (κ3) is 4.31. The molecule has 1 N–H and O–H groups in total. The van der Waals surface area contributed by atoms with Gasteiger partial charge in [-0.1, -0.05) is 24.6 Å². The van der Waals surface area contributed by atoms with E-state index in [0.717, 1.165) is 11.3 Å². The van der Waals surface area contributed by atoms with Gasteiger partial charge in [0.2, 0.25) is 0 Å². The van der Waals surface area contributed by atoms with Gasteiger partial charge in [0.05, 0.1) is 0 Å². The predicted octanol–water partition coefficient (Wildman–Crippen LogP) is 3.93. The molecule has 110 valence electrons. The van der Waals surface area contributed by atoms with E-state index in [1.165, 1.54) is 24.3 Å². The van der Waals surface area contributed by atoms with Crippen molar-refractivity contribution in [3.05, 3.63) is 59.9 Å². The van der Waals surface area contributed by atoms with Gasteiger partial charge in [-0.05, 0) is 49.7 Å². The van der Waals surface area contributed by atoms with Crippen molar-refractivity contribution >= 4 is 11.6 Å². The summed E-state index contributed by atoms with van der Waals surface area (Å²) in [5, 5.41) is 2.81.